The highest BCUT2D eigenvalue weighted by molar-refractivity contribution is 5.99. The number of nitrogen functional groups attached to an aromatic ring is 1. The number of hydrogen-bond acceptors (Lipinski definition) is 4. The summed E-state index contributed by atoms with van der Waals surface area (Å²) in [6.45, 7) is 2.23. The molecule has 0 bridgehead atoms. The molecule has 1 aromatic carbocycles. The van der Waals surface area contributed by atoms with Gasteiger partial charge in [-0.05, 0) is 38.0 Å². The first-order chi connectivity index (χ1) is 8.50. The molecular formula is C13H19N3O2. The van der Waals surface area contributed by atoms with Crippen LogP contribution in [0.1, 0.15) is 36.5 Å². The molecule has 0 aliphatic rings. The maximum absolute atomic E-state index is 11.2. The topological polar surface area (TPSA) is 98.2 Å². The van der Waals surface area contributed by atoms with E-state index < -0.39 is 0 Å². The summed E-state index contributed by atoms with van der Waals surface area (Å²) in [7, 11) is 0. The van der Waals surface area contributed by atoms with Gasteiger partial charge in [0.15, 0.2) is 5.78 Å². The molecule has 0 spiro atoms. The second-order valence-electron chi connectivity index (χ2n) is 4.21. The van der Waals surface area contributed by atoms with Crippen molar-refractivity contribution in [1.29, 1.82) is 0 Å². The lowest BCUT2D eigenvalue weighted by Gasteiger charge is -2.08. The van der Waals surface area contributed by atoms with Gasteiger partial charge in [-0.1, -0.05) is 0 Å². The second-order valence-corrected chi connectivity index (χ2v) is 4.21. The van der Waals surface area contributed by atoms with E-state index in [0.717, 1.165) is 25.1 Å². The van der Waals surface area contributed by atoms with Crippen LogP contribution in [0.15, 0.2) is 18.2 Å². The molecule has 0 aliphatic heterocycles. The molecular weight excluding hydrogens is 230 g/mol. The lowest BCUT2D eigenvalue weighted by atomic mass is 10.1. The number of unbranched alkanes of at least 4 members (excludes halogenated alkanes) is 1. The molecule has 0 radical (unpaired) electrons. The third kappa shape index (κ3) is 4.45. The van der Waals surface area contributed by atoms with E-state index in [2.05, 4.69) is 5.32 Å². The van der Waals surface area contributed by atoms with Crippen molar-refractivity contribution < 1.29 is 9.59 Å². The van der Waals surface area contributed by atoms with Crippen LogP contribution in [0.4, 0.5) is 11.4 Å². The van der Waals surface area contributed by atoms with Crippen LogP contribution < -0.4 is 16.8 Å². The number of benzene rings is 1. The molecule has 0 aromatic heterocycles. The maximum atomic E-state index is 11.2. The average Bonchev–Trinajstić information content (AvgIpc) is 2.27. The molecule has 0 saturated carbocycles. The van der Waals surface area contributed by atoms with E-state index in [1.165, 1.54) is 6.92 Å². The number of Topliss-reactive ketones (excluding diaryl/α,β-unsaturated/α-hetero) is 1. The number of rotatable bonds is 7. The van der Waals surface area contributed by atoms with Crippen molar-refractivity contribution in [1.82, 2.24) is 0 Å². The first-order valence-electron chi connectivity index (χ1n) is 5.93. The Hall–Kier alpha value is -2.04. The second kappa shape index (κ2) is 6.64. The molecule has 0 aliphatic carbocycles. The van der Waals surface area contributed by atoms with E-state index in [1.54, 1.807) is 12.1 Å². The van der Waals surface area contributed by atoms with Crippen molar-refractivity contribution >= 4 is 23.1 Å². The van der Waals surface area contributed by atoms with Crippen LogP contribution in [0.2, 0.25) is 0 Å². The maximum Gasteiger partial charge on any atom is 0.217 e. The summed E-state index contributed by atoms with van der Waals surface area (Å²) >= 11 is 0. The summed E-state index contributed by atoms with van der Waals surface area (Å²) in [4.78, 5) is 21.7. The minimum absolute atomic E-state index is 0.0412. The van der Waals surface area contributed by atoms with E-state index >= 15 is 0 Å². The number of amides is 1. The predicted molar refractivity (Wildman–Crippen MR) is 72.4 cm³/mol. The smallest absolute Gasteiger partial charge is 0.217 e. The number of hydrogen-bond donors (Lipinski definition) is 3. The minimum atomic E-state index is -0.273. The molecule has 0 atom stereocenters. The molecule has 1 amide bonds. The molecule has 0 unspecified atom stereocenters. The van der Waals surface area contributed by atoms with E-state index in [9.17, 15) is 9.59 Å². The van der Waals surface area contributed by atoms with Gasteiger partial charge >= 0.3 is 0 Å². The first-order valence-corrected chi connectivity index (χ1v) is 5.93. The van der Waals surface area contributed by atoms with Crippen LogP contribution in [0.3, 0.4) is 0 Å². The quantitative estimate of drug-likeness (QED) is 0.388. The Balaban J connectivity index is 2.42. The molecule has 0 fully saturated rings. The zero-order chi connectivity index (χ0) is 13.5. The fraction of sp³-hybridized carbons (Fsp3) is 0.385. The summed E-state index contributed by atoms with van der Waals surface area (Å²) < 4.78 is 0. The Labute approximate surface area is 107 Å². The first kappa shape index (κ1) is 14.0. The summed E-state index contributed by atoms with van der Waals surface area (Å²) in [6.07, 6.45) is 2.04. The third-order valence-corrected chi connectivity index (χ3v) is 2.61. The Morgan fingerprint density at radius 3 is 2.56 bits per heavy atom. The molecule has 5 heteroatoms. The van der Waals surface area contributed by atoms with Gasteiger partial charge in [-0.3, -0.25) is 9.59 Å². The number of carbonyl (C=O) groups excluding carboxylic acids is 2. The SMILES string of the molecule is CC(=O)c1ccc(NCCCCC(N)=O)cc1N. The predicted octanol–water partition coefficient (Wildman–Crippen LogP) is 1.54. The molecule has 5 N–H and O–H groups in total. The van der Waals surface area contributed by atoms with Crippen LogP contribution in [0, 0.1) is 0 Å². The molecule has 5 nitrogen and oxygen atoms in total. The van der Waals surface area contributed by atoms with Gasteiger partial charge in [-0.15, -0.1) is 0 Å². The van der Waals surface area contributed by atoms with Gasteiger partial charge in [0, 0.05) is 29.9 Å². The van der Waals surface area contributed by atoms with Crippen LogP contribution in [0.5, 0.6) is 0 Å². The number of nitrogens with one attached hydrogen (secondary N) is 1. The fourth-order valence-electron chi connectivity index (χ4n) is 1.65. The van der Waals surface area contributed by atoms with E-state index in [-0.39, 0.29) is 11.7 Å². The molecule has 0 heterocycles. The van der Waals surface area contributed by atoms with Gasteiger partial charge in [0.2, 0.25) is 5.91 Å². The number of ketones is 1. The normalized spacial score (nSPS) is 10.1. The number of primary amides is 1. The Bertz CT molecular complexity index is 444. The summed E-state index contributed by atoms with van der Waals surface area (Å²) in [6, 6.07) is 5.27. The standard InChI is InChI=1S/C13H19N3O2/c1-9(17)11-6-5-10(8-12(11)14)16-7-3-2-4-13(15)18/h5-6,8,16H,2-4,7,14H2,1H3,(H2,15,18). The third-order valence-electron chi connectivity index (χ3n) is 2.61. The van der Waals surface area contributed by atoms with Gasteiger partial charge in [0.05, 0.1) is 0 Å². The zero-order valence-electron chi connectivity index (χ0n) is 10.5. The van der Waals surface area contributed by atoms with Crippen molar-refractivity contribution in [3.05, 3.63) is 23.8 Å². The van der Waals surface area contributed by atoms with E-state index in [0.29, 0.717) is 17.7 Å². The highest BCUT2D eigenvalue weighted by Gasteiger charge is 2.04. The van der Waals surface area contributed by atoms with Gasteiger partial charge in [-0.2, -0.15) is 0 Å². The zero-order valence-corrected chi connectivity index (χ0v) is 10.5. The molecule has 0 saturated heterocycles. The van der Waals surface area contributed by atoms with Crippen LogP contribution in [0.25, 0.3) is 0 Å². The van der Waals surface area contributed by atoms with Crippen LogP contribution >= 0.6 is 0 Å². The van der Waals surface area contributed by atoms with E-state index in [4.69, 9.17) is 11.5 Å². The largest absolute Gasteiger partial charge is 0.398 e. The molecule has 98 valence electrons. The van der Waals surface area contributed by atoms with Crippen molar-refractivity contribution in [3.8, 4) is 0 Å². The van der Waals surface area contributed by atoms with Crippen LogP contribution in [-0.4, -0.2) is 18.2 Å². The van der Waals surface area contributed by atoms with Crippen molar-refractivity contribution in [3.63, 3.8) is 0 Å². The van der Waals surface area contributed by atoms with Crippen molar-refractivity contribution in [2.24, 2.45) is 5.73 Å². The Kier molecular flexibility index (Phi) is 5.17. The van der Waals surface area contributed by atoms with Gasteiger partial charge in [0.25, 0.3) is 0 Å². The monoisotopic (exact) mass is 249 g/mol. The number of anilines is 2. The van der Waals surface area contributed by atoms with Crippen LogP contribution in [-0.2, 0) is 4.79 Å². The van der Waals surface area contributed by atoms with Crippen molar-refractivity contribution in [2.75, 3.05) is 17.6 Å². The lowest BCUT2D eigenvalue weighted by molar-refractivity contribution is -0.118. The van der Waals surface area contributed by atoms with Gasteiger partial charge in [-0.25, -0.2) is 0 Å². The summed E-state index contributed by atoms with van der Waals surface area (Å²) in [5.41, 5.74) is 12.7. The molecule has 1 rings (SSSR count). The molecule has 1 aromatic rings. The van der Waals surface area contributed by atoms with Crippen molar-refractivity contribution in [2.45, 2.75) is 26.2 Å². The number of carbonyl (C=O) groups is 2. The highest BCUT2D eigenvalue weighted by atomic mass is 16.1. The van der Waals surface area contributed by atoms with Gasteiger partial charge < -0.3 is 16.8 Å². The molecule has 18 heavy (non-hydrogen) atoms. The lowest BCUT2D eigenvalue weighted by Crippen LogP contribution is -2.11. The number of nitrogens with two attached hydrogens (primary N) is 2. The summed E-state index contributed by atoms with van der Waals surface area (Å²) in [5.74, 6) is -0.314. The Morgan fingerprint density at radius 2 is 2.00 bits per heavy atom. The highest BCUT2D eigenvalue weighted by Crippen LogP contribution is 2.18. The average molecular weight is 249 g/mol. The Morgan fingerprint density at radius 1 is 1.28 bits per heavy atom. The minimum Gasteiger partial charge on any atom is -0.398 e. The van der Waals surface area contributed by atoms with E-state index in [1.807, 2.05) is 6.07 Å². The summed E-state index contributed by atoms with van der Waals surface area (Å²) in [5, 5.41) is 3.18. The van der Waals surface area contributed by atoms with Gasteiger partial charge in [0.1, 0.15) is 0 Å². The fourth-order valence-corrected chi connectivity index (χ4v) is 1.65.